The molecule has 0 saturated heterocycles. The molecule has 0 aromatic carbocycles. The summed E-state index contributed by atoms with van der Waals surface area (Å²) in [6.45, 7) is 0. The van der Waals surface area contributed by atoms with Crippen LogP contribution in [0.3, 0.4) is 0 Å². The Morgan fingerprint density at radius 3 is 2.66 bits per heavy atom. The molecule has 4 aromatic rings. The molecule has 0 atom stereocenters. The maximum Gasteiger partial charge on any atom is 0.224 e. The van der Waals surface area contributed by atoms with Gasteiger partial charge in [0.15, 0.2) is 5.78 Å². The minimum atomic E-state index is -0.780. The fourth-order valence-electron chi connectivity index (χ4n) is 3.93. The molecule has 2 saturated carbocycles. The van der Waals surface area contributed by atoms with Gasteiger partial charge in [0.25, 0.3) is 0 Å². The molecule has 32 heavy (non-hydrogen) atoms. The number of anilines is 1. The molecule has 8 heteroatoms. The molecule has 2 aliphatic rings. The molecule has 0 radical (unpaired) electrons. The predicted molar refractivity (Wildman–Crippen MR) is 117 cm³/mol. The van der Waals surface area contributed by atoms with Crippen LogP contribution < -0.4 is 5.32 Å². The fourth-order valence-corrected chi connectivity index (χ4v) is 3.93. The van der Waals surface area contributed by atoms with Crippen LogP contribution in [0.1, 0.15) is 64.5 Å². The van der Waals surface area contributed by atoms with E-state index in [2.05, 4.69) is 30.2 Å². The molecule has 0 bridgehead atoms. The second-order valence-corrected chi connectivity index (χ2v) is 8.58. The third-order valence-corrected chi connectivity index (χ3v) is 6.01. The van der Waals surface area contributed by atoms with E-state index in [-0.39, 0.29) is 5.56 Å². The summed E-state index contributed by atoms with van der Waals surface area (Å²) in [5.41, 5.74) is 3.43. The first-order valence-electron chi connectivity index (χ1n) is 10.9. The zero-order valence-corrected chi connectivity index (χ0v) is 17.3. The number of pyridine rings is 2. The molecule has 6 rings (SSSR count). The Balaban J connectivity index is 1.26. The number of carbonyl (C=O) groups excluding carboxylic acids is 1. The van der Waals surface area contributed by atoms with Crippen molar-refractivity contribution < 1.29 is 9.18 Å². The van der Waals surface area contributed by atoms with Crippen molar-refractivity contribution in [1.29, 1.82) is 0 Å². The zero-order valence-electron chi connectivity index (χ0n) is 17.3. The molecule has 0 amide bonds. The highest BCUT2D eigenvalue weighted by atomic mass is 19.1. The molecule has 0 unspecified atom stereocenters. The van der Waals surface area contributed by atoms with Gasteiger partial charge in [-0.05, 0) is 49.4 Å². The highest BCUT2D eigenvalue weighted by molar-refractivity contribution is 6.18. The standard InChI is InChI=1S/C24H21FN6O/c25-22-17(7-6-16(30-22)9-13-1-8-19(26-10-13)14-2-3-14)21(32)18-11-27-23-20(18)24(29-12-28-23)31-15-4-5-15/h1,6-8,10-12,14-15H,2-5,9H2,(H2,27,28,29,31). The first-order valence-corrected chi connectivity index (χ1v) is 10.9. The van der Waals surface area contributed by atoms with E-state index in [9.17, 15) is 9.18 Å². The van der Waals surface area contributed by atoms with Gasteiger partial charge in [0.1, 0.15) is 17.8 Å². The number of aromatic nitrogens is 5. The van der Waals surface area contributed by atoms with Crippen molar-refractivity contribution in [3.8, 4) is 0 Å². The van der Waals surface area contributed by atoms with E-state index < -0.39 is 11.7 Å². The van der Waals surface area contributed by atoms with Crippen LogP contribution in [0.15, 0.2) is 43.0 Å². The monoisotopic (exact) mass is 428 g/mol. The van der Waals surface area contributed by atoms with Gasteiger partial charge in [-0.15, -0.1) is 0 Å². The number of carbonyl (C=O) groups is 1. The summed E-state index contributed by atoms with van der Waals surface area (Å²) in [5, 5.41) is 3.90. The zero-order chi connectivity index (χ0) is 21.7. The lowest BCUT2D eigenvalue weighted by atomic mass is 10.0. The number of nitrogens with one attached hydrogen (secondary N) is 2. The normalized spacial score (nSPS) is 15.8. The molecule has 4 aromatic heterocycles. The Labute approximate surface area is 183 Å². The minimum Gasteiger partial charge on any atom is -0.367 e. The van der Waals surface area contributed by atoms with Gasteiger partial charge in [-0.25, -0.2) is 15.0 Å². The van der Waals surface area contributed by atoms with Crippen LogP contribution >= 0.6 is 0 Å². The Morgan fingerprint density at radius 2 is 1.94 bits per heavy atom. The van der Waals surface area contributed by atoms with Crippen LogP contribution in [0.2, 0.25) is 0 Å². The lowest BCUT2D eigenvalue weighted by molar-refractivity contribution is 0.103. The number of nitrogens with zero attached hydrogens (tertiary/aromatic N) is 4. The van der Waals surface area contributed by atoms with E-state index in [1.54, 1.807) is 12.3 Å². The van der Waals surface area contributed by atoms with Crippen LogP contribution in [0.5, 0.6) is 0 Å². The Bertz CT molecular complexity index is 1320. The molecule has 0 spiro atoms. The lowest BCUT2D eigenvalue weighted by Crippen LogP contribution is -2.09. The summed E-state index contributed by atoms with van der Waals surface area (Å²) in [7, 11) is 0. The Morgan fingerprint density at radius 1 is 1.06 bits per heavy atom. The number of hydrogen-bond acceptors (Lipinski definition) is 6. The topological polar surface area (TPSA) is 96.5 Å². The highest BCUT2D eigenvalue weighted by Gasteiger charge is 2.26. The number of halogens is 1. The third kappa shape index (κ3) is 3.62. The lowest BCUT2D eigenvalue weighted by Gasteiger charge is -2.08. The second-order valence-electron chi connectivity index (χ2n) is 8.58. The van der Waals surface area contributed by atoms with Crippen molar-refractivity contribution in [2.45, 2.75) is 44.1 Å². The number of aromatic amines is 1. The molecule has 2 aliphatic carbocycles. The van der Waals surface area contributed by atoms with E-state index in [1.807, 2.05) is 18.3 Å². The average Bonchev–Trinajstić information content (AvgIpc) is 3.73. The predicted octanol–water partition coefficient (Wildman–Crippen LogP) is 4.16. The van der Waals surface area contributed by atoms with Gasteiger partial charge in [-0.1, -0.05) is 6.07 Å². The van der Waals surface area contributed by atoms with Crippen molar-refractivity contribution in [2.24, 2.45) is 0 Å². The van der Waals surface area contributed by atoms with Gasteiger partial charge in [0.2, 0.25) is 5.95 Å². The Hall–Kier alpha value is -3.68. The van der Waals surface area contributed by atoms with Crippen molar-refractivity contribution in [1.82, 2.24) is 24.9 Å². The highest BCUT2D eigenvalue weighted by Crippen LogP contribution is 2.38. The number of H-pyrrole nitrogens is 1. The van der Waals surface area contributed by atoms with Crippen LogP contribution in [-0.2, 0) is 6.42 Å². The molecule has 0 aliphatic heterocycles. The average molecular weight is 428 g/mol. The molecular weight excluding hydrogens is 407 g/mol. The summed E-state index contributed by atoms with van der Waals surface area (Å²) in [5.74, 6) is -0.0380. The van der Waals surface area contributed by atoms with E-state index >= 15 is 0 Å². The molecular formula is C24H21FN6O. The van der Waals surface area contributed by atoms with Crippen molar-refractivity contribution in [2.75, 3.05) is 5.32 Å². The van der Waals surface area contributed by atoms with E-state index in [4.69, 9.17) is 0 Å². The molecule has 4 heterocycles. The summed E-state index contributed by atoms with van der Waals surface area (Å²) in [6.07, 6.45) is 9.83. The van der Waals surface area contributed by atoms with E-state index in [0.717, 1.165) is 24.1 Å². The van der Waals surface area contributed by atoms with Crippen molar-refractivity contribution in [3.05, 3.63) is 77.0 Å². The first-order chi connectivity index (χ1) is 15.7. The molecule has 2 N–H and O–H groups in total. The first kappa shape index (κ1) is 19.0. The van der Waals surface area contributed by atoms with Gasteiger partial charge in [0.05, 0.1) is 16.5 Å². The maximum absolute atomic E-state index is 14.9. The van der Waals surface area contributed by atoms with Crippen LogP contribution in [0.25, 0.3) is 11.0 Å². The summed E-state index contributed by atoms with van der Waals surface area (Å²) < 4.78 is 14.9. The van der Waals surface area contributed by atoms with Crippen LogP contribution in [0.4, 0.5) is 10.2 Å². The number of hydrogen-bond donors (Lipinski definition) is 2. The van der Waals surface area contributed by atoms with Gasteiger partial charge < -0.3 is 10.3 Å². The largest absolute Gasteiger partial charge is 0.367 e. The Kier molecular flexibility index (Phi) is 4.45. The van der Waals surface area contributed by atoms with Crippen LogP contribution in [-0.4, -0.2) is 36.7 Å². The van der Waals surface area contributed by atoms with Gasteiger partial charge in [-0.2, -0.15) is 4.39 Å². The number of rotatable bonds is 7. The number of ketones is 1. The number of fused-ring (bicyclic) bond motifs is 1. The van der Waals surface area contributed by atoms with Crippen LogP contribution in [0, 0.1) is 5.95 Å². The summed E-state index contributed by atoms with van der Waals surface area (Å²) >= 11 is 0. The van der Waals surface area contributed by atoms with Gasteiger partial charge in [0, 0.05) is 42.2 Å². The molecule has 7 nitrogen and oxygen atoms in total. The SMILES string of the molecule is O=C(c1ccc(Cc2ccc(C3CC3)nc2)nc1F)c1c[nH]c2ncnc(NC3CC3)c12. The summed E-state index contributed by atoms with van der Waals surface area (Å²) in [4.78, 5) is 33.2. The van der Waals surface area contributed by atoms with Crippen molar-refractivity contribution >= 4 is 22.6 Å². The minimum absolute atomic E-state index is 0.0712. The second kappa shape index (κ2) is 7.47. The van der Waals surface area contributed by atoms with Gasteiger partial charge in [-0.3, -0.25) is 9.78 Å². The fraction of sp³-hybridized carbons (Fsp3) is 0.292. The maximum atomic E-state index is 14.9. The quantitative estimate of drug-likeness (QED) is 0.339. The van der Waals surface area contributed by atoms with Crippen molar-refractivity contribution in [3.63, 3.8) is 0 Å². The smallest absolute Gasteiger partial charge is 0.224 e. The van der Waals surface area contributed by atoms with E-state index in [1.165, 1.54) is 25.2 Å². The van der Waals surface area contributed by atoms with Gasteiger partial charge >= 0.3 is 0 Å². The molecule has 2 fully saturated rings. The summed E-state index contributed by atoms with van der Waals surface area (Å²) in [6, 6.07) is 7.60. The third-order valence-electron chi connectivity index (χ3n) is 6.01. The molecule has 160 valence electrons. The van der Waals surface area contributed by atoms with E-state index in [0.29, 0.717) is 46.5 Å².